The Morgan fingerprint density at radius 3 is 2.50 bits per heavy atom. The topological polar surface area (TPSA) is 61.4 Å². The highest BCUT2D eigenvalue weighted by Crippen LogP contribution is 2.06. The van der Waals surface area contributed by atoms with E-state index in [-0.39, 0.29) is 5.75 Å². The Morgan fingerprint density at radius 2 is 1.88 bits per heavy atom. The minimum absolute atomic E-state index is 0.205. The average Bonchev–Trinajstić information content (AvgIpc) is 2.25. The number of hydrogen-bond acceptors (Lipinski definition) is 4. The Hall–Kier alpha value is -0.170. The fourth-order valence-corrected chi connectivity index (χ4v) is 2.98. The van der Waals surface area contributed by atoms with Crippen molar-refractivity contribution in [1.29, 1.82) is 0 Å². The molecule has 0 aromatic carbocycles. The van der Waals surface area contributed by atoms with Crippen molar-refractivity contribution in [2.24, 2.45) is 0 Å². The molecule has 0 aromatic rings. The summed E-state index contributed by atoms with van der Waals surface area (Å²) in [5.41, 5.74) is 0. The van der Waals surface area contributed by atoms with Crippen molar-refractivity contribution in [2.75, 3.05) is 31.9 Å². The lowest BCUT2D eigenvalue weighted by molar-refractivity contribution is 0.200. The van der Waals surface area contributed by atoms with Gasteiger partial charge in [-0.3, -0.25) is 0 Å². The molecular weight excluding hydrogens is 226 g/mol. The Balaban J connectivity index is 2.22. The van der Waals surface area contributed by atoms with Gasteiger partial charge in [0.25, 0.3) is 0 Å². The number of nitrogens with zero attached hydrogens (tertiary/aromatic N) is 1. The summed E-state index contributed by atoms with van der Waals surface area (Å²) in [7, 11) is -3.13. The van der Waals surface area contributed by atoms with Crippen LogP contribution in [0.15, 0.2) is 0 Å². The Morgan fingerprint density at radius 1 is 1.19 bits per heavy atom. The second kappa shape index (κ2) is 7.21. The molecule has 0 atom stereocenters. The molecule has 5 nitrogen and oxygen atoms in total. The van der Waals surface area contributed by atoms with Crippen molar-refractivity contribution in [1.82, 2.24) is 15.2 Å². The first-order valence-electron chi connectivity index (χ1n) is 6.10. The molecule has 0 aromatic heterocycles. The maximum atomic E-state index is 11.7. The molecule has 0 radical (unpaired) electrons. The SMILES string of the molecule is CCNCCCS(=O)(=O)NN1CCCCC1. The first-order valence-corrected chi connectivity index (χ1v) is 7.75. The molecule has 1 heterocycles. The first kappa shape index (κ1) is 13.9. The predicted molar refractivity (Wildman–Crippen MR) is 65.5 cm³/mol. The summed E-state index contributed by atoms with van der Waals surface area (Å²) in [4.78, 5) is 2.65. The van der Waals surface area contributed by atoms with Crippen molar-refractivity contribution >= 4 is 10.0 Å². The van der Waals surface area contributed by atoms with Crippen molar-refractivity contribution < 1.29 is 8.42 Å². The standard InChI is InChI=1S/C10H23N3O2S/c1-2-11-7-6-10-16(14,15)12-13-8-4-3-5-9-13/h11-12H,2-10H2,1H3. The van der Waals surface area contributed by atoms with Crippen molar-refractivity contribution in [3.63, 3.8) is 0 Å². The van der Waals surface area contributed by atoms with Gasteiger partial charge in [-0.25, -0.2) is 13.4 Å². The smallest absolute Gasteiger partial charge is 0.224 e. The Kier molecular flexibility index (Phi) is 6.26. The molecule has 1 aliphatic heterocycles. The van der Waals surface area contributed by atoms with Gasteiger partial charge in [-0.2, -0.15) is 0 Å². The van der Waals surface area contributed by atoms with Gasteiger partial charge in [0.15, 0.2) is 0 Å². The first-order chi connectivity index (χ1) is 7.64. The second-order valence-corrected chi connectivity index (χ2v) is 5.99. The highest BCUT2D eigenvalue weighted by Gasteiger charge is 2.16. The third-order valence-electron chi connectivity index (χ3n) is 2.64. The van der Waals surface area contributed by atoms with E-state index in [1.807, 2.05) is 11.9 Å². The molecule has 0 unspecified atom stereocenters. The zero-order chi connectivity index (χ0) is 11.9. The number of hydrazine groups is 1. The summed E-state index contributed by atoms with van der Waals surface area (Å²) in [5, 5.41) is 4.94. The van der Waals surface area contributed by atoms with Crippen LogP contribution in [0.4, 0.5) is 0 Å². The van der Waals surface area contributed by atoms with Crippen molar-refractivity contribution in [3.8, 4) is 0 Å². The summed E-state index contributed by atoms with van der Waals surface area (Å²) in [6.45, 7) is 5.34. The van der Waals surface area contributed by atoms with Crippen LogP contribution in [0.1, 0.15) is 32.6 Å². The maximum absolute atomic E-state index is 11.7. The molecule has 0 bridgehead atoms. The van der Waals surface area contributed by atoms with Crippen LogP contribution in [0.25, 0.3) is 0 Å². The third kappa shape index (κ3) is 5.79. The fourth-order valence-electron chi connectivity index (χ4n) is 1.79. The molecule has 0 saturated carbocycles. The largest absolute Gasteiger partial charge is 0.317 e. The number of piperidine rings is 1. The van der Waals surface area contributed by atoms with E-state index in [1.165, 1.54) is 6.42 Å². The lowest BCUT2D eigenvalue weighted by atomic mass is 10.2. The van der Waals surface area contributed by atoms with Crippen LogP contribution in [0.5, 0.6) is 0 Å². The molecule has 0 aliphatic carbocycles. The van der Waals surface area contributed by atoms with E-state index in [1.54, 1.807) is 0 Å². The van der Waals surface area contributed by atoms with Crippen LogP contribution in [0.3, 0.4) is 0 Å². The van der Waals surface area contributed by atoms with Crippen molar-refractivity contribution in [2.45, 2.75) is 32.6 Å². The van der Waals surface area contributed by atoms with Crippen LogP contribution in [-0.2, 0) is 10.0 Å². The van der Waals surface area contributed by atoms with Crippen molar-refractivity contribution in [3.05, 3.63) is 0 Å². The van der Waals surface area contributed by atoms with E-state index in [0.717, 1.165) is 39.0 Å². The normalized spacial score (nSPS) is 18.8. The molecule has 1 aliphatic rings. The maximum Gasteiger partial charge on any atom is 0.224 e. The minimum Gasteiger partial charge on any atom is -0.317 e. The Labute approximate surface area is 98.6 Å². The molecule has 1 fully saturated rings. The number of rotatable bonds is 7. The molecule has 2 N–H and O–H groups in total. The van der Waals surface area contributed by atoms with Gasteiger partial charge in [0.1, 0.15) is 0 Å². The lowest BCUT2D eigenvalue weighted by Gasteiger charge is -2.26. The van der Waals surface area contributed by atoms with Gasteiger partial charge in [-0.05, 0) is 32.4 Å². The van der Waals surface area contributed by atoms with Gasteiger partial charge >= 0.3 is 0 Å². The molecule has 0 amide bonds. The van der Waals surface area contributed by atoms with E-state index in [4.69, 9.17) is 0 Å². The fraction of sp³-hybridized carbons (Fsp3) is 1.00. The monoisotopic (exact) mass is 249 g/mol. The molecule has 16 heavy (non-hydrogen) atoms. The van der Waals surface area contributed by atoms with Gasteiger partial charge in [0, 0.05) is 13.1 Å². The van der Waals surface area contributed by atoms with E-state index < -0.39 is 10.0 Å². The quantitative estimate of drug-likeness (QED) is 0.637. The van der Waals surface area contributed by atoms with Gasteiger partial charge in [0.2, 0.25) is 10.0 Å². The molecule has 6 heteroatoms. The zero-order valence-corrected chi connectivity index (χ0v) is 10.9. The number of hydrogen-bond donors (Lipinski definition) is 2. The van der Waals surface area contributed by atoms with Crippen LogP contribution in [0.2, 0.25) is 0 Å². The summed E-state index contributed by atoms with van der Waals surface area (Å²) in [5.74, 6) is 0.205. The van der Waals surface area contributed by atoms with E-state index in [0.29, 0.717) is 6.42 Å². The predicted octanol–water partition coefficient (Wildman–Crippen LogP) is 0.306. The summed E-state index contributed by atoms with van der Waals surface area (Å²) in [6.07, 6.45) is 4.04. The minimum atomic E-state index is -3.13. The van der Waals surface area contributed by atoms with E-state index in [9.17, 15) is 8.42 Å². The molecular formula is C10H23N3O2S. The van der Waals surface area contributed by atoms with Gasteiger partial charge in [-0.1, -0.05) is 13.3 Å². The number of nitrogens with one attached hydrogen (secondary N) is 2. The lowest BCUT2D eigenvalue weighted by Crippen LogP contribution is -2.46. The molecule has 96 valence electrons. The summed E-state index contributed by atoms with van der Waals surface area (Å²) in [6, 6.07) is 0. The van der Waals surface area contributed by atoms with Crippen LogP contribution >= 0.6 is 0 Å². The summed E-state index contributed by atoms with van der Waals surface area (Å²) >= 11 is 0. The second-order valence-electron chi connectivity index (χ2n) is 4.16. The third-order valence-corrected chi connectivity index (χ3v) is 4.00. The van der Waals surface area contributed by atoms with E-state index in [2.05, 4.69) is 10.1 Å². The molecule has 1 rings (SSSR count). The van der Waals surface area contributed by atoms with Crippen LogP contribution in [0, 0.1) is 0 Å². The van der Waals surface area contributed by atoms with E-state index >= 15 is 0 Å². The average molecular weight is 249 g/mol. The van der Waals surface area contributed by atoms with Crippen LogP contribution in [-0.4, -0.2) is 45.4 Å². The molecule has 0 spiro atoms. The molecule has 1 saturated heterocycles. The van der Waals surface area contributed by atoms with Gasteiger partial charge in [-0.15, -0.1) is 4.83 Å². The number of sulfonamides is 1. The van der Waals surface area contributed by atoms with Crippen LogP contribution < -0.4 is 10.1 Å². The zero-order valence-electron chi connectivity index (χ0n) is 10.0. The van der Waals surface area contributed by atoms with Gasteiger partial charge in [0.05, 0.1) is 5.75 Å². The summed E-state index contributed by atoms with van der Waals surface area (Å²) < 4.78 is 23.4. The Bertz CT molecular complexity index is 274. The highest BCUT2D eigenvalue weighted by molar-refractivity contribution is 7.89. The highest BCUT2D eigenvalue weighted by atomic mass is 32.2. The van der Waals surface area contributed by atoms with Gasteiger partial charge < -0.3 is 5.32 Å².